The van der Waals surface area contributed by atoms with Gasteiger partial charge in [0.2, 0.25) is 5.76 Å². The number of carbonyl (C=O) groups excluding carboxylic acids is 1. The molecule has 6 heteroatoms. The number of hydrogen-bond acceptors (Lipinski definition) is 6. The van der Waals surface area contributed by atoms with E-state index < -0.39 is 5.97 Å². The Bertz CT molecular complexity index is 451. The van der Waals surface area contributed by atoms with Gasteiger partial charge in [-0.15, -0.1) is 0 Å². The second-order valence-electron chi connectivity index (χ2n) is 5.20. The monoisotopic (exact) mass is 297 g/mol. The van der Waals surface area contributed by atoms with E-state index >= 15 is 0 Å². The highest BCUT2D eigenvalue weighted by atomic mass is 16.5. The Balaban J connectivity index is 1.88. The van der Waals surface area contributed by atoms with Gasteiger partial charge in [-0.25, -0.2) is 4.79 Å². The van der Waals surface area contributed by atoms with Crippen LogP contribution in [0, 0.1) is 0 Å². The van der Waals surface area contributed by atoms with Crippen LogP contribution in [0.3, 0.4) is 0 Å². The van der Waals surface area contributed by atoms with Crippen molar-refractivity contribution in [3.05, 3.63) is 23.7 Å². The molecule has 1 fully saturated rings. The summed E-state index contributed by atoms with van der Waals surface area (Å²) in [7, 11) is 1.34. The van der Waals surface area contributed by atoms with E-state index in [2.05, 4.69) is 16.6 Å². The van der Waals surface area contributed by atoms with Gasteiger partial charge >= 0.3 is 5.97 Å². The molecule has 1 aromatic heterocycles. The normalized spacial score (nSPS) is 18.6. The third-order valence-electron chi connectivity index (χ3n) is 3.89. The van der Waals surface area contributed by atoms with Crippen molar-refractivity contribution in [3.63, 3.8) is 0 Å². The number of aliphatic hydroxyl groups is 1. The lowest BCUT2D eigenvalue weighted by molar-refractivity contribution is -0.0157. The molecule has 2 heterocycles. The molecular weight excluding hydrogens is 274 g/mol. The van der Waals surface area contributed by atoms with Gasteiger partial charge in [0, 0.05) is 13.1 Å². The summed E-state index contributed by atoms with van der Waals surface area (Å²) in [5.74, 6) is 0.551. The number of furan rings is 1. The SMILES string of the molecule is COC(=O)c1ccc(C(C)N2CCC(OCCO)CC2)o1. The zero-order chi connectivity index (χ0) is 15.2. The average Bonchev–Trinajstić information content (AvgIpc) is 3.02. The fraction of sp³-hybridized carbons (Fsp3) is 0.667. The minimum absolute atomic E-state index is 0.0688. The van der Waals surface area contributed by atoms with Gasteiger partial charge in [-0.2, -0.15) is 0 Å². The van der Waals surface area contributed by atoms with E-state index in [4.69, 9.17) is 14.3 Å². The van der Waals surface area contributed by atoms with Gasteiger partial charge in [0.15, 0.2) is 0 Å². The summed E-state index contributed by atoms with van der Waals surface area (Å²) in [6, 6.07) is 3.59. The number of piperidine rings is 1. The fourth-order valence-corrected chi connectivity index (χ4v) is 2.62. The summed E-state index contributed by atoms with van der Waals surface area (Å²) < 4.78 is 15.8. The first-order valence-corrected chi connectivity index (χ1v) is 7.30. The number of likely N-dealkylation sites (tertiary alicyclic amines) is 1. The van der Waals surface area contributed by atoms with Gasteiger partial charge in [0.25, 0.3) is 0 Å². The topological polar surface area (TPSA) is 72.1 Å². The van der Waals surface area contributed by atoms with Gasteiger partial charge in [0.1, 0.15) is 5.76 Å². The molecule has 1 atom stereocenters. The smallest absolute Gasteiger partial charge is 0.373 e. The van der Waals surface area contributed by atoms with Crippen LogP contribution in [0.4, 0.5) is 0 Å². The summed E-state index contributed by atoms with van der Waals surface area (Å²) in [5.41, 5.74) is 0. The van der Waals surface area contributed by atoms with Crippen molar-refractivity contribution in [1.29, 1.82) is 0 Å². The molecule has 118 valence electrons. The zero-order valence-electron chi connectivity index (χ0n) is 12.6. The van der Waals surface area contributed by atoms with E-state index in [0.717, 1.165) is 31.7 Å². The third kappa shape index (κ3) is 4.06. The number of methoxy groups -OCH3 is 1. The van der Waals surface area contributed by atoms with Crippen LogP contribution in [0.1, 0.15) is 42.1 Å². The number of hydrogen-bond donors (Lipinski definition) is 1. The van der Waals surface area contributed by atoms with Gasteiger partial charge in [-0.3, -0.25) is 4.90 Å². The highest BCUT2D eigenvalue weighted by Gasteiger charge is 2.26. The predicted octanol–water partition coefficient (Wildman–Crippen LogP) is 1.60. The number of rotatable bonds is 6. The lowest BCUT2D eigenvalue weighted by atomic mass is 10.1. The van der Waals surface area contributed by atoms with E-state index in [1.807, 2.05) is 6.07 Å². The predicted molar refractivity (Wildman–Crippen MR) is 76.1 cm³/mol. The van der Waals surface area contributed by atoms with Crippen molar-refractivity contribution >= 4 is 5.97 Å². The van der Waals surface area contributed by atoms with Crippen LogP contribution < -0.4 is 0 Å². The highest BCUT2D eigenvalue weighted by Crippen LogP contribution is 2.26. The first-order valence-electron chi connectivity index (χ1n) is 7.30. The Morgan fingerprint density at radius 2 is 2.19 bits per heavy atom. The Morgan fingerprint density at radius 1 is 1.48 bits per heavy atom. The number of aliphatic hydroxyl groups excluding tert-OH is 1. The molecular formula is C15H23NO5. The van der Waals surface area contributed by atoms with Crippen molar-refractivity contribution in [2.24, 2.45) is 0 Å². The van der Waals surface area contributed by atoms with Crippen LogP contribution in [0.5, 0.6) is 0 Å². The fourth-order valence-electron chi connectivity index (χ4n) is 2.62. The lowest BCUT2D eigenvalue weighted by Gasteiger charge is -2.35. The van der Waals surface area contributed by atoms with Crippen LogP contribution in [-0.4, -0.2) is 55.5 Å². The lowest BCUT2D eigenvalue weighted by Crippen LogP contribution is -2.38. The van der Waals surface area contributed by atoms with E-state index in [0.29, 0.717) is 6.61 Å². The van der Waals surface area contributed by atoms with Crippen molar-refractivity contribution < 1.29 is 23.8 Å². The molecule has 0 aliphatic carbocycles. The molecule has 0 saturated carbocycles. The molecule has 6 nitrogen and oxygen atoms in total. The van der Waals surface area contributed by atoms with Crippen LogP contribution in [0.25, 0.3) is 0 Å². The number of esters is 1. The number of nitrogens with zero attached hydrogens (tertiary/aromatic N) is 1. The van der Waals surface area contributed by atoms with E-state index in [9.17, 15) is 4.79 Å². The first-order chi connectivity index (χ1) is 10.2. The summed E-state index contributed by atoms with van der Waals surface area (Å²) in [6.07, 6.45) is 2.10. The molecule has 1 aliphatic rings. The average molecular weight is 297 g/mol. The minimum Gasteiger partial charge on any atom is -0.463 e. The maximum Gasteiger partial charge on any atom is 0.373 e. The Morgan fingerprint density at radius 3 is 2.81 bits per heavy atom. The first kappa shape index (κ1) is 16.0. The molecule has 1 N–H and O–H groups in total. The van der Waals surface area contributed by atoms with Crippen LogP contribution >= 0.6 is 0 Å². The molecule has 0 bridgehead atoms. The van der Waals surface area contributed by atoms with Crippen molar-refractivity contribution in [2.75, 3.05) is 33.4 Å². The Kier molecular flexibility index (Phi) is 5.78. The summed E-state index contributed by atoms with van der Waals surface area (Å²) in [4.78, 5) is 13.7. The molecule has 1 aliphatic heterocycles. The zero-order valence-corrected chi connectivity index (χ0v) is 12.6. The van der Waals surface area contributed by atoms with Crippen LogP contribution in [0.2, 0.25) is 0 Å². The van der Waals surface area contributed by atoms with Gasteiger partial charge in [0.05, 0.1) is 32.5 Å². The molecule has 0 aromatic carbocycles. The molecule has 0 amide bonds. The quantitative estimate of drug-likeness (QED) is 0.804. The molecule has 0 radical (unpaired) electrons. The standard InChI is InChI=1S/C15H23NO5/c1-11(13-3-4-14(21-13)15(18)19-2)16-7-5-12(6-8-16)20-10-9-17/h3-4,11-12,17H,5-10H2,1-2H3. The maximum absolute atomic E-state index is 11.4. The molecule has 21 heavy (non-hydrogen) atoms. The second kappa shape index (κ2) is 7.59. The van der Waals surface area contributed by atoms with Crippen LogP contribution in [0.15, 0.2) is 16.5 Å². The maximum atomic E-state index is 11.4. The number of ether oxygens (including phenoxy) is 2. The van der Waals surface area contributed by atoms with Gasteiger partial charge in [-0.1, -0.05) is 0 Å². The van der Waals surface area contributed by atoms with Gasteiger partial charge < -0.3 is 19.0 Å². The number of carbonyl (C=O) groups is 1. The Hall–Kier alpha value is -1.37. The van der Waals surface area contributed by atoms with Crippen molar-refractivity contribution in [1.82, 2.24) is 4.90 Å². The molecule has 2 rings (SSSR count). The van der Waals surface area contributed by atoms with E-state index in [1.54, 1.807) is 6.07 Å². The van der Waals surface area contributed by atoms with Crippen LogP contribution in [-0.2, 0) is 9.47 Å². The molecule has 1 saturated heterocycles. The second-order valence-corrected chi connectivity index (χ2v) is 5.20. The third-order valence-corrected chi connectivity index (χ3v) is 3.89. The minimum atomic E-state index is -0.454. The summed E-state index contributed by atoms with van der Waals surface area (Å²) in [6.45, 7) is 4.35. The highest BCUT2D eigenvalue weighted by molar-refractivity contribution is 5.86. The Labute approximate surface area is 124 Å². The summed E-state index contributed by atoms with van der Waals surface area (Å²) >= 11 is 0. The van der Waals surface area contributed by atoms with Crippen molar-refractivity contribution in [3.8, 4) is 0 Å². The molecule has 1 aromatic rings. The van der Waals surface area contributed by atoms with Gasteiger partial charge in [-0.05, 0) is 31.9 Å². The largest absolute Gasteiger partial charge is 0.463 e. The molecule has 0 spiro atoms. The van der Waals surface area contributed by atoms with Crippen molar-refractivity contribution in [2.45, 2.75) is 31.9 Å². The summed E-state index contributed by atoms with van der Waals surface area (Å²) in [5, 5.41) is 8.77. The molecule has 1 unspecified atom stereocenters. The van der Waals surface area contributed by atoms with E-state index in [1.165, 1.54) is 7.11 Å². The van der Waals surface area contributed by atoms with E-state index in [-0.39, 0.29) is 24.5 Å².